The van der Waals surface area contributed by atoms with Gasteiger partial charge in [0.25, 0.3) is 0 Å². The quantitative estimate of drug-likeness (QED) is 0.632. The second-order valence-corrected chi connectivity index (χ2v) is 4.21. The summed E-state index contributed by atoms with van der Waals surface area (Å²) in [7, 11) is 1.67. The van der Waals surface area contributed by atoms with Gasteiger partial charge in [0.1, 0.15) is 5.75 Å². The lowest BCUT2D eigenvalue weighted by Gasteiger charge is -2.09. The number of hydrogen-bond acceptors (Lipinski definition) is 3. The lowest BCUT2D eigenvalue weighted by molar-refractivity contribution is 0.405. The Morgan fingerprint density at radius 1 is 1.50 bits per heavy atom. The second-order valence-electron chi connectivity index (χ2n) is 2.75. The number of nitrogens with one attached hydrogen (secondary N) is 1. The van der Waals surface area contributed by atoms with Gasteiger partial charge in [-0.2, -0.15) is 0 Å². The summed E-state index contributed by atoms with van der Waals surface area (Å²) in [5.41, 5.74) is 0.965. The van der Waals surface area contributed by atoms with Crippen LogP contribution in [-0.2, 0) is 0 Å². The maximum absolute atomic E-state index is 5.25. The maximum atomic E-state index is 5.25. The van der Waals surface area contributed by atoms with E-state index in [0.29, 0.717) is 0 Å². The van der Waals surface area contributed by atoms with Crippen molar-refractivity contribution in [3.05, 3.63) is 18.2 Å². The van der Waals surface area contributed by atoms with Crippen molar-refractivity contribution >= 4 is 34.7 Å². The Bertz CT molecular complexity index is 339. The third-order valence-electron chi connectivity index (χ3n) is 1.70. The molecule has 0 aliphatic carbocycles. The molecule has 0 unspecified atom stereocenters. The number of thiocarbonyl (C=S) groups is 1. The number of methoxy groups -OCH3 is 1. The molecule has 0 amide bonds. The van der Waals surface area contributed by atoms with E-state index in [1.807, 2.05) is 31.4 Å². The van der Waals surface area contributed by atoms with Gasteiger partial charge in [-0.25, -0.2) is 0 Å². The van der Waals surface area contributed by atoms with Crippen molar-refractivity contribution in [2.45, 2.75) is 11.8 Å². The van der Waals surface area contributed by atoms with E-state index < -0.39 is 0 Å². The van der Waals surface area contributed by atoms with E-state index in [4.69, 9.17) is 17.0 Å². The smallest absolute Gasteiger partial charge is 0.134 e. The van der Waals surface area contributed by atoms with Gasteiger partial charge in [0.15, 0.2) is 0 Å². The predicted octanol–water partition coefficient (Wildman–Crippen LogP) is 3.18. The van der Waals surface area contributed by atoms with E-state index in [2.05, 4.69) is 5.32 Å². The van der Waals surface area contributed by atoms with Gasteiger partial charge in [-0.1, -0.05) is 12.2 Å². The predicted molar refractivity (Wildman–Crippen MR) is 66.7 cm³/mol. The van der Waals surface area contributed by atoms with E-state index in [1.54, 1.807) is 18.9 Å². The number of benzene rings is 1. The van der Waals surface area contributed by atoms with Crippen LogP contribution in [0.5, 0.6) is 5.75 Å². The Balaban J connectivity index is 2.95. The summed E-state index contributed by atoms with van der Waals surface area (Å²) in [6.45, 7) is 1.85. The summed E-state index contributed by atoms with van der Waals surface area (Å²) in [6.07, 6.45) is 2.02. The summed E-state index contributed by atoms with van der Waals surface area (Å²) >= 11 is 6.62. The number of hydrogen-bond donors (Lipinski definition) is 1. The first kappa shape index (κ1) is 11.3. The molecular formula is C10H13NOS2. The van der Waals surface area contributed by atoms with Gasteiger partial charge in [-0.3, -0.25) is 0 Å². The van der Waals surface area contributed by atoms with Crippen molar-refractivity contribution in [3.63, 3.8) is 0 Å². The number of ether oxygens (including phenoxy) is 1. The monoisotopic (exact) mass is 227 g/mol. The van der Waals surface area contributed by atoms with E-state index >= 15 is 0 Å². The maximum Gasteiger partial charge on any atom is 0.134 e. The molecule has 0 saturated carbocycles. The average molecular weight is 227 g/mol. The van der Waals surface area contributed by atoms with Crippen LogP contribution in [0.2, 0.25) is 0 Å². The third kappa shape index (κ3) is 2.89. The van der Waals surface area contributed by atoms with Gasteiger partial charge in [0.2, 0.25) is 0 Å². The van der Waals surface area contributed by atoms with Gasteiger partial charge in [-0.15, -0.1) is 11.8 Å². The summed E-state index contributed by atoms with van der Waals surface area (Å²) in [6, 6.07) is 5.95. The Morgan fingerprint density at radius 2 is 2.21 bits per heavy atom. The van der Waals surface area contributed by atoms with Crippen LogP contribution in [-0.4, -0.2) is 18.4 Å². The van der Waals surface area contributed by atoms with Gasteiger partial charge in [0.05, 0.1) is 12.1 Å². The first-order valence-corrected chi connectivity index (χ1v) is 5.80. The summed E-state index contributed by atoms with van der Waals surface area (Å²) in [4.78, 5) is 1.88. The highest BCUT2D eigenvalue weighted by atomic mass is 32.2. The Labute approximate surface area is 94.0 Å². The molecule has 0 spiro atoms. The minimum atomic E-state index is 0.754. The Kier molecular flexibility index (Phi) is 4.22. The summed E-state index contributed by atoms with van der Waals surface area (Å²) in [5.74, 6) is 0.874. The van der Waals surface area contributed by atoms with E-state index in [-0.39, 0.29) is 0 Å². The zero-order valence-corrected chi connectivity index (χ0v) is 10.1. The van der Waals surface area contributed by atoms with Crippen LogP contribution in [0.3, 0.4) is 0 Å². The van der Waals surface area contributed by atoms with E-state index in [1.165, 1.54) is 0 Å². The lowest BCUT2D eigenvalue weighted by atomic mass is 10.3. The molecule has 2 nitrogen and oxygen atoms in total. The molecule has 0 saturated heterocycles. The Hall–Kier alpha value is -0.740. The fraction of sp³-hybridized carbons (Fsp3) is 0.300. The zero-order valence-electron chi connectivity index (χ0n) is 8.46. The van der Waals surface area contributed by atoms with Crippen LogP contribution in [0.25, 0.3) is 0 Å². The molecule has 0 radical (unpaired) electrons. The van der Waals surface area contributed by atoms with Crippen molar-refractivity contribution in [1.82, 2.24) is 0 Å². The van der Waals surface area contributed by atoms with Gasteiger partial charge < -0.3 is 10.1 Å². The Morgan fingerprint density at radius 3 is 2.71 bits per heavy atom. The van der Waals surface area contributed by atoms with Crippen LogP contribution in [0, 0.1) is 0 Å². The molecule has 0 aromatic heterocycles. The standard InChI is InChI=1S/C10H13NOS2/c1-7(13)11-8-4-5-10(14-3)9(6-8)12-2/h4-6H,1-3H3,(H,11,13). The third-order valence-corrected chi connectivity index (χ3v) is 2.58. The molecule has 0 atom stereocenters. The number of thioether (sulfide) groups is 1. The van der Waals surface area contributed by atoms with Gasteiger partial charge >= 0.3 is 0 Å². The van der Waals surface area contributed by atoms with E-state index in [9.17, 15) is 0 Å². The van der Waals surface area contributed by atoms with Crippen LogP contribution < -0.4 is 10.1 Å². The molecule has 0 aliphatic rings. The van der Waals surface area contributed by atoms with Crippen molar-refractivity contribution in [1.29, 1.82) is 0 Å². The van der Waals surface area contributed by atoms with Crippen LogP contribution >= 0.6 is 24.0 Å². The molecule has 0 bridgehead atoms. The molecular weight excluding hydrogens is 214 g/mol. The van der Waals surface area contributed by atoms with Gasteiger partial charge in [-0.05, 0) is 25.3 Å². The topological polar surface area (TPSA) is 21.3 Å². The molecule has 1 aromatic carbocycles. The molecule has 14 heavy (non-hydrogen) atoms. The first-order chi connectivity index (χ1) is 6.67. The van der Waals surface area contributed by atoms with Crippen LogP contribution in [0.15, 0.2) is 23.1 Å². The highest BCUT2D eigenvalue weighted by Crippen LogP contribution is 2.30. The lowest BCUT2D eigenvalue weighted by Crippen LogP contribution is -2.03. The second kappa shape index (κ2) is 5.22. The SMILES string of the molecule is COc1cc(NC(C)=S)ccc1SC. The average Bonchev–Trinajstić information content (AvgIpc) is 2.16. The van der Waals surface area contributed by atoms with Crippen molar-refractivity contribution in [2.75, 3.05) is 18.7 Å². The molecule has 1 aromatic rings. The number of anilines is 1. The van der Waals surface area contributed by atoms with Crippen molar-refractivity contribution in [2.24, 2.45) is 0 Å². The first-order valence-electron chi connectivity index (χ1n) is 4.17. The zero-order chi connectivity index (χ0) is 10.6. The molecule has 76 valence electrons. The van der Waals surface area contributed by atoms with Gasteiger partial charge in [0, 0.05) is 16.6 Å². The van der Waals surface area contributed by atoms with Crippen LogP contribution in [0.4, 0.5) is 5.69 Å². The van der Waals surface area contributed by atoms with Crippen molar-refractivity contribution in [3.8, 4) is 5.75 Å². The fourth-order valence-corrected chi connectivity index (χ4v) is 1.78. The minimum absolute atomic E-state index is 0.754. The molecule has 0 fully saturated rings. The van der Waals surface area contributed by atoms with Crippen LogP contribution in [0.1, 0.15) is 6.92 Å². The normalized spacial score (nSPS) is 9.64. The number of rotatable bonds is 3. The molecule has 1 N–H and O–H groups in total. The highest BCUT2D eigenvalue weighted by molar-refractivity contribution is 7.98. The summed E-state index contributed by atoms with van der Waals surface area (Å²) < 4.78 is 5.25. The highest BCUT2D eigenvalue weighted by Gasteiger charge is 2.02. The molecule has 1 rings (SSSR count). The summed E-state index contributed by atoms with van der Waals surface area (Å²) in [5, 5.41) is 3.07. The minimum Gasteiger partial charge on any atom is -0.496 e. The molecule has 4 heteroatoms. The largest absolute Gasteiger partial charge is 0.496 e. The molecule has 0 heterocycles. The van der Waals surface area contributed by atoms with E-state index in [0.717, 1.165) is 21.3 Å². The van der Waals surface area contributed by atoms with Crippen molar-refractivity contribution < 1.29 is 4.74 Å². The molecule has 0 aliphatic heterocycles. The fourth-order valence-electron chi connectivity index (χ4n) is 1.12.